The molecule has 0 unspecified atom stereocenters. The van der Waals surface area contributed by atoms with Crippen LogP contribution < -0.4 is 0 Å². The number of carboxylic acid groups (broad SMARTS) is 1. The van der Waals surface area contributed by atoms with E-state index in [-0.39, 0.29) is 28.4 Å². The molecule has 1 saturated heterocycles. The minimum Gasteiger partial charge on any atom is -0.625 e. The molecule has 190 valence electrons. The van der Waals surface area contributed by atoms with E-state index in [1.165, 1.54) is 6.92 Å². The largest absolute Gasteiger partial charge is 0.625 e. The first kappa shape index (κ1) is 27.6. The van der Waals surface area contributed by atoms with Gasteiger partial charge in [0.2, 0.25) is 0 Å². The van der Waals surface area contributed by atoms with Crippen LogP contribution in [0.5, 0.6) is 0 Å². The van der Waals surface area contributed by atoms with E-state index < -0.39 is 12.0 Å². The van der Waals surface area contributed by atoms with Crippen LogP contribution in [-0.4, -0.2) is 46.2 Å². The van der Waals surface area contributed by atoms with Gasteiger partial charge in [0.15, 0.2) is 0 Å². The number of hydrogen-bond acceptors (Lipinski definition) is 4. The third-order valence-corrected chi connectivity index (χ3v) is 6.47. The standard InChI is InChI=1S/C28H28ClN3O3.Ni/c1-19(28(34)35)30-26(20-10-3-2-4-11-20)22-13-6-8-15-24(22)31-27(33)25-16-9-17-32(25)18-21-12-5-7-14-23(21)29;/h2-8,10-15,19,25H,9,16-18H2,1H3,(H2,30,31,33,34,35);/p-1/t19-,25-;/m0./s1. The molecule has 0 saturated carbocycles. The predicted molar refractivity (Wildman–Crippen MR) is 139 cm³/mol. The SMILES string of the molecule is C[C@H](N=C(c1ccccc1)c1ccccc1[N-]C(=O)[C@@H]1CCCN1Cc1ccccc1Cl)C(=O)O.[Ni]. The molecular weight excluding hydrogens is 520 g/mol. The Kier molecular flexibility index (Phi) is 9.83. The number of halogens is 1. The summed E-state index contributed by atoms with van der Waals surface area (Å²) in [6.07, 6.45) is 1.63. The van der Waals surface area contributed by atoms with Crippen LogP contribution in [0.25, 0.3) is 5.32 Å². The van der Waals surface area contributed by atoms with Crippen LogP contribution >= 0.6 is 11.6 Å². The van der Waals surface area contributed by atoms with Crippen molar-refractivity contribution in [2.45, 2.75) is 38.4 Å². The molecule has 0 bridgehead atoms. The fourth-order valence-electron chi connectivity index (χ4n) is 4.25. The minimum absolute atomic E-state index is 0. The summed E-state index contributed by atoms with van der Waals surface area (Å²) >= 11 is 6.35. The number of amides is 1. The summed E-state index contributed by atoms with van der Waals surface area (Å²) < 4.78 is 0. The van der Waals surface area contributed by atoms with Crippen LogP contribution in [0.2, 0.25) is 5.02 Å². The van der Waals surface area contributed by atoms with E-state index in [4.69, 9.17) is 11.6 Å². The molecule has 0 aliphatic carbocycles. The van der Waals surface area contributed by atoms with Gasteiger partial charge in [-0.25, -0.2) is 4.79 Å². The minimum atomic E-state index is -1.02. The summed E-state index contributed by atoms with van der Waals surface area (Å²) in [6, 6.07) is 23.0. The average Bonchev–Trinajstić information content (AvgIpc) is 3.33. The van der Waals surface area contributed by atoms with Crippen molar-refractivity contribution in [2.75, 3.05) is 6.54 Å². The van der Waals surface area contributed by atoms with Gasteiger partial charge in [-0.15, -0.1) is 5.69 Å². The summed E-state index contributed by atoms with van der Waals surface area (Å²) in [7, 11) is 0. The second kappa shape index (κ2) is 12.8. The van der Waals surface area contributed by atoms with Crippen LogP contribution in [0.1, 0.15) is 36.5 Å². The third-order valence-electron chi connectivity index (χ3n) is 6.10. The van der Waals surface area contributed by atoms with Crippen molar-refractivity contribution < 1.29 is 31.2 Å². The Balaban J connectivity index is 0.00000361. The first-order valence-electron chi connectivity index (χ1n) is 11.6. The number of nitrogens with zero attached hydrogens (tertiary/aromatic N) is 3. The van der Waals surface area contributed by atoms with Crippen molar-refractivity contribution in [2.24, 2.45) is 4.99 Å². The van der Waals surface area contributed by atoms with Gasteiger partial charge in [0.25, 0.3) is 0 Å². The van der Waals surface area contributed by atoms with E-state index in [9.17, 15) is 14.7 Å². The zero-order chi connectivity index (χ0) is 24.8. The molecule has 3 aromatic rings. The van der Waals surface area contributed by atoms with E-state index >= 15 is 0 Å². The molecule has 1 heterocycles. The van der Waals surface area contributed by atoms with Crippen molar-refractivity contribution >= 4 is 34.9 Å². The summed E-state index contributed by atoms with van der Waals surface area (Å²) in [5.74, 6) is -1.24. The van der Waals surface area contributed by atoms with Gasteiger partial charge in [0.1, 0.15) is 6.04 Å². The fourth-order valence-corrected chi connectivity index (χ4v) is 4.45. The maximum absolute atomic E-state index is 13.4. The van der Waals surface area contributed by atoms with Crippen molar-refractivity contribution in [1.29, 1.82) is 0 Å². The summed E-state index contributed by atoms with van der Waals surface area (Å²) in [5, 5.41) is 14.6. The maximum Gasteiger partial charge on any atom is 0.328 e. The molecule has 3 aromatic carbocycles. The van der Waals surface area contributed by atoms with Crippen molar-refractivity contribution in [3.8, 4) is 0 Å². The van der Waals surface area contributed by atoms with Gasteiger partial charge in [-0.05, 0) is 43.5 Å². The Morgan fingerprint density at radius 2 is 1.72 bits per heavy atom. The normalized spacial score (nSPS) is 16.7. The quantitative estimate of drug-likeness (QED) is 0.284. The Bertz CT molecular complexity index is 1240. The zero-order valence-electron chi connectivity index (χ0n) is 19.8. The van der Waals surface area contributed by atoms with E-state index in [0.29, 0.717) is 28.5 Å². The molecule has 1 N–H and O–H groups in total. The van der Waals surface area contributed by atoms with Crippen LogP contribution in [0.15, 0.2) is 83.9 Å². The number of benzene rings is 3. The Labute approximate surface area is 226 Å². The summed E-state index contributed by atoms with van der Waals surface area (Å²) in [6.45, 7) is 2.91. The summed E-state index contributed by atoms with van der Waals surface area (Å²) in [4.78, 5) is 31.5. The molecule has 6 nitrogen and oxygen atoms in total. The molecule has 36 heavy (non-hydrogen) atoms. The van der Waals surface area contributed by atoms with E-state index in [2.05, 4.69) is 15.2 Å². The Hall–Kier alpha value is -2.99. The van der Waals surface area contributed by atoms with Crippen molar-refractivity contribution in [3.05, 3.63) is 106 Å². The van der Waals surface area contributed by atoms with Gasteiger partial charge in [0, 0.05) is 33.6 Å². The van der Waals surface area contributed by atoms with E-state index in [0.717, 1.165) is 30.5 Å². The van der Waals surface area contributed by atoms with Crippen LogP contribution in [0, 0.1) is 0 Å². The number of carbonyl (C=O) groups is 2. The number of hydrogen-bond donors (Lipinski definition) is 1. The fraction of sp³-hybridized carbons (Fsp3) is 0.250. The molecule has 1 aliphatic rings. The van der Waals surface area contributed by atoms with Crippen molar-refractivity contribution in [3.63, 3.8) is 0 Å². The molecule has 1 aliphatic heterocycles. The molecule has 0 radical (unpaired) electrons. The monoisotopic (exact) mass is 546 g/mol. The molecular formula is C28H27ClN3NiO3-. The van der Waals surface area contributed by atoms with Crippen molar-refractivity contribution in [1.82, 2.24) is 4.90 Å². The zero-order valence-corrected chi connectivity index (χ0v) is 21.5. The van der Waals surface area contributed by atoms with Gasteiger partial charge in [-0.2, -0.15) is 0 Å². The smallest absolute Gasteiger partial charge is 0.328 e. The first-order valence-corrected chi connectivity index (χ1v) is 12.0. The van der Waals surface area contributed by atoms with Gasteiger partial charge >= 0.3 is 5.97 Å². The third kappa shape index (κ3) is 6.61. The number of carboxylic acids is 1. The van der Waals surface area contributed by atoms with Gasteiger partial charge in [-0.1, -0.05) is 84.4 Å². The number of para-hydroxylation sites is 1. The van der Waals surface area contributed by atoms with Crippen LogP contribution in [0.4, 0.5) is 5.69 Å². The van der Waals surface area contributed by atoms with E-state index in [1.54, 1.807) is 6.07 Å². The van der Waals surface area contributed by atoms with Crippen LogP contribution in [0.3, 0.4) is 0 Å². The Morgan fingerprint density at radius 1 is 1.06 bits per heavy atom. The molecule has 0 spiro atoms. The molecule has 2 atom stereocenters. The average molecular weight is 548 g/mol. The predicted octanol–water partition coefficient (Wildman–Crippen LogP) is 5.84. The number of carbonyl (C=O) groups excluding carboxylic acids is 1. The molecule has 1 fully saturated rings. The van der Waals surface area contributed by atoms with Gasteiger partial charge < -0.3 is 15.2 Å². The number of aliphatic imine (C=N–C) groups is 1. The molecule has 0 aromatic heterocycles. The van der Waals surface area contributed by atoms with Crippen LogP contribution in [-0.2, 0) is 32.6 Å². The van der Waals surface area contributed by atoms with E-state index in [1.807, 2.05) is 72.8 Å². The first-order chi connectivity index (χ1) is 16.9. The summed E-state index contributed by atoms with van der Waals surface area (Å²) in [5.41, 5.74) is 3.33. The molecule has 1 amide bonds. The molecule has 8 heteroatoms. The number of likely N-dealkylation sites (tertiary alicyclic amines) is 1. The number of rotatable bonds is 8. The second-order valence-corrected chi connectivity index (χ2v) is 8.95. The molecule has 4 rings (SSSR count). The van der Waals surface area contributed by atoms with Gasteiger partial charge in [-0.3, -0.25) is 9.89 Å². The Morgan fingerprint density at radius 3 is 2.44 bits per heavy atom. The number of aliphatic carboxylic acids is 1. The topological polar surface area (TPSA) is 84.1 Å². The maximum atomic E-state index is 13.4. The second-order valence-electron chi connectivity index (χ2n) is 8.55. The van der Waals surface area contributed by atoms with Gasteiger partial charge in [0.05, 0.1) is 17.7 Å².